The second-order valence-electron chi connectivity index (χ2n) is 4.84. The zero-order valence-electron chi connectivity index (χ0n) is 10.6. The molecule has 1 aromatic rings. The molecule has 0 saturated carbocycles. The Hall–Kier alpha value is -1.00. The van der Waals surface area contributed by atoms with E-state index in [2.05, 4.69) is 35.4 Å². The lowest BCUT2D eigenvalue weighted by Crippen LogP contribution is -2.20. The summed E-state index contributed by atoms with van der Waals surface area (Å²) in [6.07, 6.45) is 3.39. The fourth-order valence-electron chi connectivity index (χ4n) is 2.46. The minimum atomic E-state index is -0.675. The van der Waals surface area contributed by atoms with Gasteiger partial charge in [0.2, 0.25) is 0 Å². The first kappa shape index (κ1) is 13.4. The lowest BCUT2D eigenvalue weighted by atomic mass is 10.1. The largest absolute Gasteiger partial charge is 0.481 e. The summed E-state index contributed by atoms with van der Waals surface area (Å²) in [5, 5.41) is 8.79. The number of carboxylic acid groups (broad SMARTS) is 1. The minimum absolute atomic E-state index is 0.307. The van der Waals surface area contributed by atoms with E-state index >= 15 is 0 Å². The van der Waals surface area contributed by atoms with Gasteiger partial charge in [0.15, 0.2) is 0 Å². The van der Waals surface area contributed by atoms with Gasteiger partial charge in [-0.25, -0.2) is 0 Å². The van der Waals surface area contributed by atoms with Gasteiger partial charge in [0.1, 0.15) is 0 Å². The molecule has 1 fully saturated rings. The molecule has 18 heavy (non-hydrogen) atoms. The maximum Gasteiger partial charge on any atom is 0.303 e. The maximum absolute atomic E-state index is 10.7. The van der Waals surface area contributed by atoms with Gasteiger partial charge in [-0.15, -0.1) is 11.8 Å². The molecule has 1 atom stereocenters. The van der Waals surface area contributed by atoms with Gasteiger partial charge in [0, 0.05) is 24.4 Å². The number of rotatable bonds is 5. The molecule has 4 heteroatoms. The molecule has 1 heterocycles. The van der Waals surface area contributed by atoms with E-state index < -0.39 is 5.97 Å². The predicted molar refractivity (Wildman–Crippen MR) is 73.9 cm³/mol. The zero-order chi connectivity index (χ0) is 13.0. The fourth-order valence-corrected chi connectivity index (χ4v) is 2.87. The number of hydrogen-bond donors (Lipinski definition) is 1. The number of thioether (sulfide) groups is 1. The summed E-state index contributed by atoms with van der Waals surface area (Å²) < 4.78 is 0. The summed E-state index contributed by atoms with van der Waals surface area (Å²) in [5.41, 5.74) is 1.31. The van der Waals surface area contributed by atoms with Crippen LogP contribution >= 0.6 is 11.8 Å². The van der Waals surface area contributed by atoms with Gasteiger partial charge >= 0.3 is 5.97 Å². The van der Waals surface area contributed by atoms with E-state index in [9.17, 15) is 4.79 Å². The molecule has 1 unspecified atom stereocenters. The third kappa shape index (κ3) is 3.75. The highest BCUT2D eigenvalue weighted by Crippen LogP contribution is 2.22. The van der Waals surface area contributed by atoms with Crippen LogP contribution in [0, 0.1) is 5.92 Å². The van der Waals surface area contributed by atoms with Gasteiger partial charge in [-0.1, -0.05) is 12.1 Å². The van der Waals surface area contributed by atoms with Crippen LogP contribution in [0.15, 0.2) is 29.2 Å². The van der Waals surface area contributed by atoms with Gasteiger partial charge in [0.25, 0.3) is 0 Å². The van der Waals surface area contributed by atoms with Crippen molar-refractivity contribution in [1.82, 2.24) is 4.90 Å². The SMILES string of the molecule is CSc1ccc(CN2CCC(CC(=O)O)C2)cc1. The number of benzene rings is 1. The highest BCUT2D eigenvalue weighted by molar-refractivity contribution is 7.98. The first-order chi connectivity index (χ1) is 8.67. The summed E-state index contributed by atoms with van der Waals surface area (Å²) in [7, 11) is 0. The standard InChI is InChI=1S/C14H19NO2S/c1-18-13-4-2-11(3-5-13)9-15-7-6-12(10-15)8-14(16)17/h2-5,12H,6-10H2,1H3,(H,16,17). The predicted octanol–water partition coefficient (Wildman–Crippen LogP) is 2.71. The van der Waals surface area contributed by atoms with Crippen molar-refractivity contribution < 1.29 is 9.90 Å². The molecule has 2 rings (SSSR count). The van der Waals surface area contributed by atoms with Crippen molar-refractivity contribution in [3.8, 4) is 0 Å². The topological polar surface area (TPSA) is 40.5 Å². The third-order valence-electron chi connectivity index (χ3n) is 3.40. The van der Waals surface area contributed by atoms with E-state index in [0.29, 0.717) is 12.3 Å². The summed E-state index contributed by atoms with van der Waals surface area (Å²) in [6, 6.07) is 8.61. The van der Waals surface area contributed by atoms with Crippen molar-refractivity contribution in [3.63, 3.8) is 0 Å². The highest BCUT2D eigenvalue weighted by Gasteiger charge is 2.24. The average Bonchev–Trinajstić information content (AvgIpc) is 2.76. The van der Waals surface area contributed by atoms with Crippen LogP contribution < -0.4 is 0 Å². The van der Waals surface area contributed by atoms with Crippen LogP contribution in [0.5, 0.6) is 0 Å². The molecule has 3 nitrogen and oxygen atoms in total. The molecule has 0 aliphatic carbocycles. The molecular formula is C14H19NO2S. The molecule has 1 N–H and O–H groups in total. The van der Waals surface area contributed by atoms with E-state index in [0.717, 1.165) is 26.1 Å². The Morgan fingerprint density at radius 3 is 2.78 bits per heavy atom. The van der Waals surface area contributed by atoms with Crippen LogP contribution in [0.2, 0.25) is 0 Å². The molecule has 0 amide bonds. The minimum Gasteiger partial charge on any atom is -0.481 e. The second-order valence-corrected chi connectivity index (χ2v) is 5.72. The molecule has 1 aliphatic rings. The van der Waals surface area contributed by atoms with Gasteiger partial charge in [-0.2, -0.15) is 0 Å². The quantitative estimate of drug-likeness (QED) is 0.831. The van der Waals surface area contributed by atoms with Gasteiger partial charge in [-0.05, 0) is 42.8 Å². The van der Waals surface area contributed by atoms with Crippen molar-refractivity contribution in [1.29, 1.82) is 0 Å². The highest BCUT2D eigenvalue weighted by atomic mass is 32.2. The third-order valence-corrected chi connectivity index (χ3v) is 4.14. The first-order valence-corrected chi connectivity index (χ1v) is 7.47. The molecule has 0 radical (unpaired) electrons. The lowest BCUT2D eigenvalue weighted by Gasteiger charge is -2.15. The number of likely N-dealkylation sites (tertiary alicyclic amines) is 1. The molecule has 1 aliphatic heterocycles. The molecule has 0 aromatic heterocycles. The molecule has 0 bridgehead atoms. The smallest absolute Gasteiger partial charge is 0.303 e. The summed E-state index contributed by atoms with van der Waals surface area (Å²) in [6.45, 7) is 2.86. The van der Waals surface area contributed by atoms with Gasteiger partial charge in [0.05, 0.1) is 0 Å². The van der Waals surface area contributed by atoms with Crippen molar-refractivity contribution in [2.45, 2.75) is 24.3 Å². The molecule has 1 saturated heterocycles. The van der Waals surface area contributed by atoms with Gasteiger partial charge in [-0.3, -0.25) is 9.69 Å². The summed E-state index contributed by atoms with van der Waals surface area (Å²) >= 11 is 1.75. The van der Waals surface area contributed by atoms with Crippen LogP contribution in [0.25, 0.3) is 0 Å². The van der Waals surface area contributed by atoms with E-state index in [4.69, 9.17) is 5.11 Å². The molecule has 0 spiro atoms. The number of aliphatic carboxylic acids is 1. The summed E-state index contributed by atoms with van der Waals surface area (Å²) in [4.78, 5) is 14.3. The molecule has 98 valence electrons. The number of carbonyl (C=O) groups is 1. The van der Waals surface area contributed by atoms with E-state index in [1.165, 1.54) is 10.5 Å². The summed E-state index contributed by atoms with van der Waals surface area (Å²) in [5.74, 6) is -0.348. The van der Waals surface area contributed by atoms with Gasteiger partial charge < -0.3 is 5.11 Å². The van der Waals surface area contributed by atoms with Crippen molar-refractivity contribution >= 4 is 17.7 Å². The Kier molecular flexibility index (Phi) is 4.66. The second kappa shape index (κ2) is 6.25. The average molecular weight is 265 g/mol. The molecular weight excluding hydrogens is 246 g/mol. The van der Waals surface area contributed by atoms with Crippen LogP contribution in [0.4, 0.5) is 0 Å². The first-order valence-electron chi connectivity index (χ1n) is 6.24. The van der Waals surface area contributed by atoms with Crippen molar-refractivity contribution in [3.05, 3.63) is 29.8 Å². The number of carboxylic acids is 1. The van der Waals surface area contributed by atoms with Crippen LogP contribution in [-0.2, 0) is 11.3 Å². The number of nitrogens with zero attached hydrogens (tertiary/aromatic N) is 1. The lowest BCUT2D eigenvalue weighted by molar-refractivity contribution is -0.138. The van der Waals surface area contributed by atoms with Crippen LogP contribution in [0.3, 0.4) is 0 Å². The Morgan fingerprint density at radius 1 is 1.44 bits per heavy atom. The zero-order valence-corrected chi connectivity index (χ0v) is 11.4. The van der Waals surface area contributed by atoms with E-state index in [-0.39, 0.29) is 0 Å². The van der Waals surface area contributed by atoms with Crippen LogP contribution in [0.1, 0.15) is 18.4 Å². The Labute approximate surface area is 112 Å². The Morgan fingerprint density at radius 2 is 2.17 bits per heavy atom. The Bertz CT molecular complexity index is 405. The Balaban J connectivity index is 1.85. The molecule has 1 aromatic carbocycles. The maximum atomic E-state index is 10.7. The number of hydrogen-bond acceptors (Lipinski definition) is 3. The normalized spacial score (nSPS) is 20.2. The van der Waals surface area contributed by atoms with Crippen LogP contribution in [-0.4, -0.2) is 35.3 Å². The fraction of sp³-hybridized carbons (Fsp3) is 0.500. The van der Waals surface area contributed by atoms with E-state index in [1.807, 2.05) is 0 Å². The van der Waals surface area contributed by atoms with Crippen molar-refractivity contribution in [2.75, 3.05) is 19.3 Å². The van der Waals surface area contributed by atoms with Crippen molar-refractivity contribution in [2.24, 2.45) is 5.92 Å². The van der Waals surface area contributed by atoms with E-state index in [1.54, 1.807) is 11.8 Å². The monoisotopic (exact) mass is 265 g/mol.